The Morgan fingerprint density at radius 3 is 2.42 bits per heavy atom. The molecular weight excluding hydrogens is 233 g/mol. The van der Waals surface area contributed by atoms with Crippen LogP contribution in [-0.4, -0.2) is 4.92 Å². The van der Waals surface area contributed by atoms with E-state index in [0.29, 0.717) is 5.56 Å². The van der Waals surface area contributed by atoms with Gasteiger partial charge >= 0.3 is 0 Å². The molecule has 0 bridgehead atoms. The average molecular weight is 240 g/mol. The van der Waals surface area contributed by atoms with E-state index >= 15 is 0 Å². The van der Waals surface area contributed by atoms with Gasteiger partial charge in [-0.1, -0.05) is 6.07 Å². The molecule has 0 aromatic heterocycles. The third-order valence-electron chi connectivity index (χ3n) is 1.31. The van der Waals surface area contributed by atoms with Gasteiger partial charge in [0, 0.05) is 37.6 Å². The van der Waals surface area contributed by atoms with Gasteiger partial charge in [-0.2, -0.15) is 6.07 Å². The molecule has 1 radical (unpaired) electrons. The van der Waals surface area contributed by atoms with Gasteiger partial charge in [-0.15, -0.1) is 18.2 Å². The minimum atomic E-state index is -0.460. The summed E-state index contributed by atoms with van der Waals surface area (Å²) in [6.45, 7) is 1.22. The molecule has 0 saturated heterocycles. The van der Waals surface area contributed by atoms with E-state index < -0.39 is 4.92 Å². The SMILES string of the molecule is N[CH-]c1ccccc1[N+](=O)[O-].[Y]. The van der Waals surface area contributed by atoms with E-state index in [0.717, 1.165) is 0 Å². The molecule has 0 unspecified atom stereocenters. The van der Waals surface area contributed by atoms with Crippen LogP contribution < -0.4 is 5.73 Å². The molecule has 0 aliphatic heterocycles. The Balaban J connectivity index is 0.00000121. The van der Waals surface area contributed by atoms with Crippen molar-refractivity contribution in [1.29, 1.82) is 0 Å². The first-order chi connectivity index (χ1) is 5.25. The van der Waals surface area contributed by atoms with Crippen molar-refractivity contribution >= 4 is 5.69 Å². The molecule has 61 valence electrons. The summed E-state index contributed by atoms with van der Waals surface area (Å²) in [5, 5.41) is 10.3. The topological polar surface area (TPSA) is 69.2 Å². The van der Waals surface area contributed by atoms with E-state index in [9.17, 15) is 10.1 Å². The van der Waals surface area contributed by atoms with Crippen LogP contribution in [0.2, 0.25) is 0 Å². The van der Waals surface area contributed by atoms with E-state index in [2.05, 4.69) is 0 Å². The maximum atomic E-state index is 10.3. The Bertz CT molecular complexity index is 278. The minimum absolute atomic E-state index is 0. The molecule has 0 atom stereocenters. The number of nitrogens with zero attached hydrogens (tertiary/aromatic N) is 1. The summed E-state index contributed by atoms with van der Waals surface area (Å²) in [5.74, 6) is 0. The van der Waals surface area contributed by atoms with E-state index in [1.807, 2.05) is 0 Å². The third-order valence-corrected chi connectivity index (χ3v) is 1.31. The maximum Gasteiger partial charge on any atom is 0.171 e. The number of hydrogen-bond donors (Lipinski definition) is 1. The van der Waals surface area contributed by atoms with Gasteiger partial charge in [0.25, 0.3) is 0 Å². The van der Waals surface area contributed by atoms with E-state index in [1.165, 1.54) is 12.6 Å². The molecule has 0 spiro atoms. The van der Waals surface area contributed by atoms with Gasteiger partial charge in [0.2, 0.25) is 0 Å². The summed E-state index contributed by atoms with van der Waals surface area (Å²) < 4.78 is 0. The first kappa shape index (κ1) is 11.6. The van der Waals surface area contributed by atoms with Crippen molar-refractivity contribution in [1.82, 2.24) is 0 Å². The number of nitro benzene ring substituents is 1. The third kappa shape index (κ3) is 2.55. The van der Waals surface area contributed by atoms with E-state index in [-0.39, 0.29) is 38.4 Å². The predicted molar refractivity (Wildman–Crippen MR) is 40.7 cm³/mol. The Morgan fingerprint density at radius 1 is 1.42 bits per heavy atom. The quantitative estimate of drug-likeness (QED) is 0.477. The first-order valence-electron chi connectivity index (χ1n) is 3.04. The predicted octanol–water partition coefficient (Wildman–Crippen LogP) is 1.06. The van der Waals surface area contributed by atoms with Crippen LogP contribution in [0.4, 0.5) is 5.69 Å². The van der Waals surface area contributed by atoms with Crippen molar-refractivity contribution in [2.75, 3.05) is 0 Å². The van der Waals surface area contributed by atoms with Crippen LogP contribution in [0.25, 0.3) is 0 Å². The fourth-order valence-corrected chi connectivity index (χ4v) is 0.795. The van der Waals surface area contributed by atoms with Crippen LogP contribution in [-0.2, 0) is 32.7 Å². The van der Waals surface area contributed by atoms with Crippen LogP contribution in [0, 0.1) is 16.7 Å². The van der Waals surface area contributed by atoms with Crippen molar-refractivity contribution in [3.63, 3.8) is 0 Å². The standard InChI is InChI=1S/C7H7N2O2.Y/c8-5-6-3-1-2-4-7(6)9(10)11;/h1-5H,8H2;/q-1;. The molecule has 2 N–H and O–H groups in total. The molecular formula is C7H7N2O2Y-. The molecule has 0 aliphatic rings. The van der Waals surface area contributed by atoms with Gasteiger partial charge in [0.05, 0.1) is 0 Å². The molecule has 5 heteroatoms. The molecule has 12 heavy (non-hydrogen) atoms. The van der Waals surface area contributed by atoms with Gasteiger partial charge in [0.1, 0.15) is 0 Å². The van der Waals surface area contributed by atoms with Crippen LogP contribution in [0.1, 0.15) is 5.56 Å². The van der Waals surface area contributed by atoms with Gasteiger partial charge in [-0.25, -0.2) is 0 Å². The zero-order valence-electron chi connectivity index (χ0n) is 6.31. The van der Waals surface area contributed by atoms with Gasteiger partial charge in [-0.3, -0.25) is 10.1 Å². The Hall–Kier alpha value is -0.446. The summed E-state index contributed by atoms with van der Waals surface area (Å²) in [6.07, 6.45) is 0. The van der Waals surface area contributed by atoms with Crippen molar-refractivity contribution in [3.8, 4) is 0 Å². The molecule has 0 aliphatic carbocycles. The van der Waals surface area contributed by atoms with Crippen molar-refractivity contribution < 1.29 is 37.6 Å². The number of nitro groups is 1. The second kappa shape index (κ2) is 5.24. The smallest absolute Gasteiger partial charge is 0.171 e. The Morgan fingerprint density at radius 2 is 2.00 bits per heavy atom. The first-order valence-corrected chi connectivity index (χ1v) is 3.04. The Kier molecular flexibility index (Phi) is 5.05. The van der Waals surface area contributed by atoms with Crippen molar-refractivity contribution in [2.45, 2.75) is 0 Å². The van der Waals surface area contributed by atoms with Gasteiger partial charge in [0.15, 0.2) is 5.69 Å². The van der Waals surface area contributed by atoms with E-state index in [4.69, 9.17) is 5.73 Å². The number of para-hydroxylation sites is 1. The van der Waals surface area contributed by atoms with Gasteiger partial charge in [-0.05, 0) is 6.07 Å². The average Bonchev–Trinajstić information content (AvgIpc) is 2.04. The number of rotatable bonds is 2. The van der Waals surface area contributed by atoms with E-state index in [1.54, 1.807) is 18.2 Å². The fourth-order valence-electron chi connectivity index (χ4n) is 0.795. The van der Waals surface area contributed by atoms with Crippen molar-refractivity contribution in [3.05, 3.63) is 46.5 Å². The molecule has 1 aromatic carbocycles. The van der Waals surface area contributed by atoms with Crippen molar-refractivity contribution in [2.24, 2.45) is 5.73 Å². The monoisotopic (exact) mass is 240 g/mol. The summed E-state index contributed by atoms with van der Waals surface area (Å²) in [5.41, 5.74) is 5.64. The van der Waals surface area contributed by atoms with Crippen LogP contribution in [0.15, 0.2) is 24.3 Å². The zero-order valence-corrected chi connectivity index (χ0v) is 9.14. The van der Waals surface area contributed by atoms with Crippen LogP contribution in [0.5, 0.6) is 0 Å². The summed E-state index contributed by atoms with van der Waals surface area (Å²) in [7, 11) is 0. The largest absolute Gasteiger partial charge is 0.360 e. The minimum Gasteiger partial charge on any atom is -0.360 e. The fraction of sp³-hybridized carbons (Fsp3) is 0. The number of benzene rings is 1. The van der Waals surface area contributed by atoms with Crippen LogP contribution in [0.3, 0.4) is 0 Å². The molecule has 4 nitrogen and oxygen atoms in total. The zero-order chi connectivity index (χ0) is 8.27. The number of hydrogen-bond acceptors (Lipinski definition) is 3. The number of nitrogens with two attached hydrogens (primary N) is 1. The molecule has 0 saturated carbocycles. The summed E-state index contributed by atoms with van der Waals surface area (Å²) >= 11 is 0. The normalized spacial score (nSPS) is 8.42. The molecule has 0 amide bonds. The second-order valence-electron chi connectivity index (χ2n) is 1.98. The summed E-state index contributed by atoms with van der Waals surface area (Å²) in [4.78, 5) is 9.85. The maximum absolute atomic E-state index is 10.3. The molecule has 1 rings (SSSR count). The molecule has 0 heterocycles. The Labute approximate surface area is 95.2 Å². The second-order valence-corrected chi connectivity index (χ2v) is 1.98. The molecule has 1 aromatic rings. The summed E-state index contributed by atoms with van der Waals surface area (Å²) in [6, 6.07) is 6.31. The van der Waals surface area contributed by atoms with Gasteiger partial charge < -0.3 is 5.73 Å². The van der Waals surface area contributed by atoms with Crippen LogP contribution >= 0.6 is 0 Å². The molecule has 0 fully saturated rings.